The zero-order chi connectivity index (χ0) is 62.6. The van der Waals surface area contributed by atoms with E-state index in [2.05, 4.69) is 311 Å². The van der Waals surface area contributed by atoms with Gasteiger partial charge in [-0.05, 0) is 117 Å². The molecule has 0 unspecified atom stereocenters. The highest BCUT2D eigenvalue weighted by Gasteiger charge is 2.51. The molecule has 8 heteroatoms. The van der Waals surface area contributed by atoms with Crippen molar-refractivity contribution in [1.29, 1.82) is 0 Å². The number of furan rings is 3. The van der Waals surface area contributed by atoms with Crippen molar-refractivity contribution in [2.45, 2.75) is 52.4 Å². The summed E-state index contributed by atoms with van der Waals surface area (Å²) in [5.41, 5.74) is 24.2. The first-order valence-electron chi connectivity index (χ1n) is 32.7. The number of thiophene rings is 1. The van der Waals surface area contributed by atoms with Crippen molar-refractivity contribution in [2.24, 2.45) is 0 Å². The molecule has 94 heavy (non-hydrogen) atoms. The van der Waals surface area contributed by atoms with Gasteiger partial charge in [0, 0.05) is 86.5 Å². The predicted molar refractivity (Wildman–Crippen MR) is 398 cm³/mol. The lowest BCUT2D eigenvalue weighted by Crippen LogP contribution is -2.62. The number of para-hydroxylation sites is 5. The third kappa shape index (κ3) is 7.37. The Morgan fingerprint density at radius 1 is 0.340 bits per heavy atom. The van der Waals surface area contributed by atoms with Crippen LogP contribution < -0.4 is 26.2 Å². The van der Waals surface area contributed by atoms with Crippen LogP contribution in [0.3, 0.4) is 0 Å². The fourth-order valence-electron chi connectivity index (χ4n) is 16.2. The van der Waals surface area contributed by atoms with Gasteiger partial charge in [0.2, 0.25) is 0 Å². The topological polar surface area (TPSA) is 50.8 Å². The molecule has 0 amide bonds. The molecule has 0 N–H and O–H groups in total. The number of hydrogen-bond donors (Lipinski definition) is 0. The van der Waals surface area contributed by atoms with Gasteiger partial charge in [0.25, 0.3) is 6.71 Å². The first kappa shape index (κ1) is 53.6. The fourth-order valence-corrected chi connectivity index (χ4v) is 17.5. The predicted octanol–water partition coefficient (Wildman–Crippen LogP) is 22.9. The first-order chi connectivity index (χ1) is 45.9. The molecule has 7 heterocycles. The second kappa shape index (κ2) is 19.3. The van der Waals surface area contributed by atoms with Crippen molar-refractivity contribution in [3.8, 4) is 27.9 Å². The smallest absolute Gasteiger partial charge is 0.262 e. The van der Waals surface area contributed by atoms with Crippen molar-refractivity contribution in [2.75, 3.05) is 9.80 Å². The van der Waals surface area contributed by atoms with E-state index >= 15 is 0 Å². The maximum Gasteiger partial charge on any atom is 0.262 e. The Morgan fingerprint density at radius 3 is 1.26 bits per heavy atom. The second-order valence-corrected chi connectivity index (χ2v) is 28.9. The Hall–Kier alpha value is -11.1. The van der Waals surface area contributed by atoms with E-state index in [0.29, 0.717) is 0 Å². The van der Waals surface area contributed by atoms with Crippen molar-refractivity contribution in [3.63, 3.8) is 0 Å². The standard InChI is InChI=1S/C86H60BN3O3S/c1-85(2,3)51-41-43-64(60(45-51)49-25-9-7-10-26-49)89-66-47-53(88-62-35-19-13-29-54(62)55-30-14-20-36-63(55)88)48-67-76(66)87(77-79(89)83-73(57-32-16-23-39-70(57)93-83)72-56-31-15-21-37-68(56)91-81(72)77)78-80(90(67)65-44-42-52(86(4,5)6)46-61(65)50-27-11-8-12-28-50)84-75(59-34-18-24-40-71(59)94-84)74-58-33-17-22-38-69(58)92-82(74)78/h7-48H,1-6H3. The highest BCUT2D eigenvalue weighted by molar-refractivity contribution is 7.27. The minimum Gasteiger partial charge on any atom is -0.456 e. The number of fused-ring (bicyclic) bond motifs is 25. The van der Waals surface area contributed by atoms with Gasteiger partial charge in [0.1, 0.15) is 27.9 Å². The number of nitrogens with zero attached hydrogens (tertiary/aromatic N) is 3. The SMILES string of the molecule is CC(C)(C)c1ccc(N2c3cc(-n4c5ccccc5c5ccccc54)cc4c3B(c3c2c2oc5ccccc5c2c2c3oc3ccccc32)c2c(c3sc5ccccc5c3c3c2oc2ccccc23)N4c2ccc(C(C)(C)C)cc2-c2ccccc2)c(-c2ccccc2)c1. The Balaban J connectivity index is 1.07. The van der Waals surface area contributed by atoms with Crippen molar-refractivity contribution < 1.29 is 13.3 Å². The van der Waals surface area contributed by atoms with Crippen LogP contribution in [-0.2, 0) is 10.8 Å². The highest BCUT2D eigenvalue weighted by Crippen LogP contribution is 2.58. The molecule has 446 valence electrons. The Labute approximate surface area is 546 Å². The molecule has 0 fully saturated rings. The van der Waals surface area contributed by atoms with E-state index in [1.54, 1.807) is 0 Å². The Kier molecular flexibility index (Phi) is 11.0. The van der Waals surface area contributed by atoms with Crippen LogP contribution in [0.25, 0.3) is 136 Å². The van der Waals surface area contributed by atoms with Crippen LogP contribution in [-0.4, -0.2) is 11.3 Å². The van der Waals surface area contributed by atoms with Crippen LogP contribution in [0.4, 0.5) is 34.1 Å². The summed E-state index contributed by atoms with van der Waals surface area (Å²) in [5.74, 6) is 0. The van der Waals surface area contributed by atoms with Gasteiger partial charge in [0.05, 0.1) is 44.2 Å². The summed E-state index contributed by atoms with van der Waals surface area (Å²) < 4.78 is 28.2. The van der Waals surface area contributed by atoms with Crippen molar-refractivity contribution in [1.82, 2.24) is 4.57 Å². The number of rotatable bonds is 5. The third-order valence-electron chi connectivity index (χ3n) is 20.4. The molecule has 2 aliphatic heterocycles. The molecule has 6 nitrogen and oxygen atoms in total. The minimum atomic E-state index is -0.518. The molecule has 0 saturated heterocycles. The summed E-state index contributed by atoms with van der Waals surface area (Å²) >= 11 is 1.88. The van der Waals surface area contributed by atoms with E-state index in [-0.39, 0.29) is 10.8 Å². The molecule has 0 atom stereocenters. The lowest BCUT2D eigenvalue weighted by atomic mass is 9.33. The van der Waals surface area contributed by atoms with E-state index in [9.17, 15) is 0 Å². The largest absolute Gasteiger partial charge is 0.456 e. The monoisotopic (exact) mass is 1230 g/mol. The Morgan fingerprint density at radius 2 is 0.745 bits per heavy atom. The van der Waals surface area contributed by atoms with Crippen molar-refractivity contribution in [3.05, 3.63) is 266 Å². The van der Waals surface area contributed by atoms with E-state index < -0.39 is 6.71 Å². The molecular weight excluding hydrogens is 1170 g/mol. The zero-order valence-corrected chi connectivity index (χ0v) is 53.6. The minimum absolute atomic E-state index is 0.162. The van der Waals surface area contributed by atoms with Gasteiger partial charge in [-0.25, -0.2) is 0 Å². The maximum absolute atomic E-state index is 7.79. The molecule has 13 aromatic carbocycles. The van der Waals surface area contributed by atoms with Crippen LogP contribution in [0.1, 0.15) is 52.7 Å². The van der Waals surface area contributed by atoms with Gasteiger partial charge in [-0.2, -0.15) is 0 Å². The highest BCUT2D eigenvalue weighted by atomic mass is 32.1. The van der Waals surface area contributed by atoms with Gasteiger partial charge in [-0.15, -0.1) is 11.3 Å². The number of benzene rings is 13. The lowest BCUT2D eigenvalue weighted by molar-refractivity contribution is 0.590. The number of hydrogen-bond acceptors (Lipinski definition) is 6. The molecule has 5 aromatic heterocycles. The summed E-state index contributed by atoms with van der Waals surface area (Å²) in [6.07, 6.45) is 0. The lowest BCUT2D eigenvalue weighted by Gasteiger charge is -2.45. The average molecular weight is 1230 g/mol. The molecule has 18 aromatic rings. The van der Waals surface area contributed by atoms with E-state index in [0.717, 1.165) is 155 Å². The summed E-state index contributed by atoms with van der Waals surface area (Å²) in [6, 6.07) is 94.1. The van der Waals surface area contributed by atoms with Gasteiger partial charge >= 0.3 is 0 Å². The van der Waals surface area contributed by atoms with Crippen LogP contribution in [0.15, 0.2) is 268 Å². The molecule has 0 aliphatic carbocycles. The van der Waals surface area contributed by atoms with Crippen molar-refractivity contribution >= 4 is 176 Å². The van der Waals surface area contributed by atoms with Crippen LogP contribution >= 0.6 is 11.3 Å². The number of aromatic nitrogens is 1. The second-order valence-electron chi connectivity index (χ2n) is 27.8. The molecule has 0 spiro atoms. The maximum atomic E-state index is 7.79. The Bertz CT molecular complexity index is 5910. The van der Waals surface area contributed by atoms with Crippen LogP contribution in [0.5, 0.6) is 0 Å². The molecule has 2 aliphatic rings. The summed E-state index contributed by atoms with van der Waals surface area (Å²) in [5, 5.41) is 11.1. The van der Waals surface area contributed by atoms with E-state index in [1.165, 1.54) is 42.1 Å². The molecule has 0 saturated carbocycles. The third-order valence-corrected chi connectivity index (χ3v) is 21.6. The van der Waals surface area contributed by atoms with E-state index in [1.807, 2.05) is 11.3 Å². The first-order valence-corrected chi connectivity index (χ1v) is 33.5. The fraction of sp³-hybridized carbons (Fsp3) is 0.0930. The van der Waals surface area contributed by atoms with E-state index in [4.69, 9.17) is 13.3 Å². The summed E-state index contributed by atoms with van der Waals surface area (Å²) in [7, 11) is 0. The summed E-state index contributed by atoms with van der Waals surface area (Å²) in [4.78, 5) is 5.26. The number of anilines is 6. The molecule has 0 radical (unpaired) electrons. The quantitative estimate of drug-likeness (QED) is 0.161. The zero-order valence-electron chi connectivity index (χ0n) is 52.8. The molecular formula is C86H60BN3O3S. The molecule has 0 bridgehead atoms. The van der Waals surface area contributed by atoms with Crippen LogP contribution in [0.2, 0.25) is 0 Å². The van der Waals surface area contributed by atoms with Gasteiger partial charge in [-0.1, -0.05) is 224 Å². The van der Waals surface area contributed by atoms with Gasteiger partial charge < -0.3 is 27.6 Å². The van der Waals surface area contributed by atoms with Gasteiger partial charge in [0.15, 0.2) is 5.58 Å². The summed E-state index contributed by atoms with van der Waals surface area (Å²) in [6.45, 7) is 13.4. The normalized spacial score (nSPS) is 13.4. The average Bonchev–Trinajstić information content (AvgIpc) is 1.40. The molecule has 20 rings (SSSR count). The van der Waals surface area contributed by atoms with Crippen LogP contribution in [0, 0.1) is 0 Å². The van der Waals surface area contributed by atoms with Gasteiger partial charge in [-0.3, -0.25) is 0 Å².